The minimum atomic E-state index is -0.981. The van der Waals surface area contributed by atoms with Crippen LogP contribution in [0.3, 0.4) is 0 Å². The molecule has 15 heavy (non-hydrogen) atoms. The molecule has 0 aromatic heterocycles. The Hall–Kier alpha value is -1.85. The third-order valence-electron chi connectivity index (χ3n) is 1.21. The first-order valence-electron chi connectivity index (χ1n) is 4.19. The molecular weight excluding hydrogens is 204 g/mol. The molecule has 0 aliphatic carbocycles. The van der Waals surface area contributed by atoms with Gasteiger partial charge in [-0.3, -0.25) is 9.59 Å². The number of carboxylic acids is 3. The third kappa shape index (κ3) is 24.5. The fourth-order valence-electron chi connectivity index (χ4n) is 0.552. The first kappa shape index (κ1) is 15.6. The Balaban J connectivity index is 0. The van der Waals surface area contributed by atoms with E-state index in [1.807, 2.05) is 0 Å². The van der Waals surface area contributed by atoms with Gasteiger partial charge in [-0.25, -0.2) is 4.79 Å². The molecule has 0 aromatic rings. The van der Waals surface area contributed by atoms with Crippen molar-refractivity contribution in [1.82, 2.24) is 0 Å². The number of hydrogen-bond acceptors (Lipinski definition) is 3. The van der Waals surface area contributed by atoms with Gasteiger partial charge in [0.05, 0.1) is 0 Å². The second-order valence-electron chi connectivity index (χ2n) is 2.54. The molecule has 0 bridgehead atoms. The quantitative estimate of drug-likeness (QED) is 0.452. The van der Waals surface area contributed by atoms with Gasteiger partial charge in [-0.2, -0.15) is 0 Å². The van der Waals surface area contributed by atoms with Gasteiger partial charge in [0.25, 0.3) is 0 Å². The zero-order valence-electron chi connectivity index (χ0n) is 8.18. The topological polar surface area (TPSA) is 112 Å². The van der Waals surface area contributed by atoms with Gasteiger partial charge in [0.15, 0.2) is 0 Å². The van der Waals surface area contributed by atoms with Gasteiger partial charge in [0.1, 0.15) is 0 Å². The Morgan fingerprint density at radius 1 is 0.933 bits per heavy atom. The van der Waals surface area contributed by atoms with Crippen LogP contribution in [-0.4, -0.2) is 33.2 Å². The molecular formula is C9H14O6. The molecule has 3 N–H and O–H groups in total. The normalized spacial score (nSPS) is 8.27. The fourth-order valence-corrected chi connectivity index (χ4v) is 0.552. The van der Waals surface area contributed by atoms with Crippen LogP contribution in [0.25, 0.3) is 0 Å². The van der Waals surface area contributed by atoms with Crippen LogP contribution in [0.1, 0.15) is 25.7 Å². The van der Waals surface area contributed by atoms with Gasteiger partial charge < -0.3 is 15.3 Å². The summed E-state index contributed by atoms with van der Waals surface area (Å²) in [6, 6.07) is 0. The van der Waals surface area contributed by atoms with Crippen LogP contribution in [-0.2, 0) is 14.4 Å². The Bertz CT molecular complexity index is 217. The molecule has 0 atom stereocenters. The smallest absolute Gasteiger partial charge is 0.327 e. The summed E-state index contributed by atoms with van der Waals surface area (Å²) < 4.78 is 0. The zero-order chi connectivity index (χ0) is 12.3. The Morgan fingerprint density at radius 3 is 1.33 bits per heavy atom. The van der Waals surface area contributed by atoms with Gasteiger partial charge in [-0.05, 0) is 12.8 Å². The molecule has 0 radical (unpaired) electrons. The predicted molar refractivity (Wildman–Crippen MR) is 51.6 cm³/mol. The molecule has 6 nitrogen and oxygen atoms in total. The van der Waals surface area contributed by atoms with Crippen LogP contribution < -0.4 is 0 Å². The van der Waals surface area contributed by atoms with Gasteiger partial charge in [-0.1, -0.05) is 6.58 Å². The second kappa shape index (κ2) is 10.2. The third-order valence-corrected chi connectivity index (χ3v) is 1.21. The molecule has 0 aliphatic rings. The van der Waals surface area contributed by atoms with Gasteiger partial charge in [-0.15, -0.1) is 0 Å². The lowest BCUT2D eigenvalue weighted by Crippen LogP contribution is -1.97. The molecule has 0 unspecified atom stereocenters. The molecule has 6 heteroatoms. The summed E-state index contributed by atoms with van der Waals surface area (Å²) in [5.74, 6) is -2.72. The number of aliphatic carboxylic acids is 3. The molecule has 0 heterocycles. The largest absolute Gasteiger partial charge is 0.481 e. The standard InChI is InChI=1S/C6H10O4.C3H4O2/c7-5(8)3-1-2-4-6(9)10;1-2-3(4)5/h1-4H2,(H,7,8)(H,9,10);2H,1H2,(H,4,5). The van der Waals surface area contributed by atoms with E-state index in [0.29, 0.717) is 12.8 Å². The van der Waals surface area contributed by atoms with Crippen molar-refractivity contribution >= 4 is 17.9 Å². The van der Waals surface area contributed by atoms with Gasteiger partial charge >= 0.3 is 17.9 Å². The van der Waals surface area contributed by atoms with Crippen molar-refractivity contribution < 1.29 is 29.7 Å². The van der Waals surface area contributed by atoms with Gasteiger partial charge in [0.2, 0.25) is 0 Å². The number of carboxylic acid groups (broad SMARTS) is 3. The number of hydrogen-bond donors (Lipinski definition) is 3. The lowest BCUT2D eigenvalue weighted by atomic mass is 10.2. The maximum Gasteiger partial charge on any atom is 0.327 e. The lowest BCUT2D eigenvalue weighted by Gasteiger charge is -1.92. The highest BCUT2D eigenvalue weighted by Crippen LogP contribution is 1.98. The summed E-state index contributed by atoms with van der Waals surface area (Å²) in [5.41, 5.74) is 0. The highest BCUT2D eigenvalue weighted by molar-refractivity contribution is 5.78. The van der Waals surface area contributed by atoms with E-state index in [-0.39, 0.29) is 12.8 Å². The second-order valence-corrected chi connectivity index (χ2v) is 2.54. The van der Waals surface area contributed by atoms with E-state index in [1.165, 1.54) is 0 Å². The van der Waals surface area contributed by atoms with Crippen LogP contribution >= 0.6 is 0 Å². The number of carbonyl (C=O) groups is 3. The van der Waals surface area contributed by atoms with Crippen molar-refractivity contribution in [1.29, 1.82) is 0 Å². The van der Waals surface area contributed by atoms with Crippen molar-refractivity contribution in [3.63, 3.8) is 0 Å². The molecule has 0 saturated heterocycles. The summed E-state index contributed by atoms with van der Waals surface area (Å²) >= 11 is 0. The van der Waals surface area contributed by atoms with Gasteiger partial charge in [0, 0.05) is 18.9 Å². The highest BCUT2D eigenvalue weighted by atomic mass is 16.4. The van der Waals surface area contributed by atoms with E-state index in [2.05, 4.69) is 6.58 Å². The Morgan fingerprint density at radius 2 is 1.20 bits per heavy atom. The maximum atomic E-state index is 9.90. The van der Waals surface area contributed by atoms with E-state index in [1.54, 1.807) is 0 Å². The molecule has 0 aliphatic heterocycles. The Kier molecular flexibility index (Phi) is 10.7. The van der Waals surface area contributed by atoms with Crippen LogP contribution in [0.15, 0.2) is 12.7 Å². The van der Waals surface area contributed by atoms with Crippen LogP contribution in [0.4, 0.5) is 0 Å². The molecule has 0 aromatic carbocycles. The molecule has 86 valence electrons. The summed E-state index contributed by atoms with van der Waals surface area (Å²) in [6.07, 6.45) is 1.85. The minimum absolute atomic E-state index is 0.0628. The number of rotatable bonds is 6. The van der Waals surface area contributed by atoms with E-state index >= 15 is 0 Å². The molecule has 0 amide bonds. The molecule has 0 spiro atoms. The summed E-state index contributed by atoms with van der Waals surface area (Å²) in [7, 11) is 0. The molecule has 0 rings (SSSR count). The zero-order valence-corrected chi connectivity index (χ0v) is 8.18. The van der Waals surface area contributed by atoms with Crippen molar-refractivity contribution in [3.8, 4) is 0 Å². The van der Waals surface area contributed by atoms with E-state index in [0.717, 1.165) is 6.08 Å². The average molecular weight is 218 g/mol. The SMILES string of the molecule is C=CC(=O)O.O=C(O)CCCCC(=O)O. The van der Waals surface area contributed by atoms with Crippen molar-refractivity contribution in [3.05, 3.63) is 12.7 Å². The van der Waals surface area contributed by atoms with Crippen LogP contribution in [0.5, 0.6) is 0 Å². The lowest BCUT2D eigenvalue weighted by molar-refractivity contribution is -0.139. The highest BCUT2D eigenvalue weighted by Gasteiger charge is 1.99. The summed E-state index contributed by atoms with van der Waals surface area (Å²) in [4.78, 5) is 29.0. The fraction of sp³-hybridized carbons (Fsp3) is 0.444. The first-order valence-corrected chi connectivity index (χ1v) is 4.19. The number of unbranched alkanes of at least 4 members (excludes halogenated alkanes) is 1. The molecule has 0 saturated carbocycles. The molecule has 0 fully saturated rings. The van der Waals surface area contributed by atoms with E-state index < -0.39 is 17.9 Å². The maximum absolute atomic E-state index is 9.90. The van der Waals surface area contributed by atoms with Crippen LogP contribution in [0.2, 0.25) is 0 Å². The average Bonchev–Trinajstić information content (AvgIpc) is 2.13. The monoisotopic (exact) mass is 218 g/mol. The van der Waals surface area contributed by atoms with Crippen molar-refractivity contribution in [2.45, 2.75) is 25.7 Å². The predicted octanol–water partition coefficient (Wildman–Crippen LogP) is 0.973. The van der Waals surface area contributed by atoms with Crippen LogP contribution in [0, 0.1) is 0 Å². The summed E-state index contributed by atoms with van der Waals surface area (Å²) in [5, 5.41) is 23.9. The summed E-state index contributed by atoms with van der Waals surface area (Å²) in [6.45, 7) is 2.96. The van der Waals surface area contributed by atoms with E-state index in [4.69, 9.17) is 15.3 Å². The first-order chi connectivity index (χ1) is 6.90. The van der Waals surface area contributed by atoms with E-state index in [9.17, 15) is 14.4 Å². The Labute approximate surface area is 86.8 Å². The van der Waals surface area contributed by atoms with Crippen molar-refractivity contribution in [2.75, 3.05) is 0 Å². The minimum Gasteiger partial charge on any atom is -0.481 e. The van der Waals surface area contributed by atoms with Crippen molar-refractivity contribution in [2.24, 2.45) is 0 Å².